The lowest BCUT2D eigenvalue weighted by molar-refractivity contribution is -0.385. The van der Waals surface area contributed by atoms with Crippen LogP contribution in [0.4, 0.5) is 5.69 Å². The number of nitro groups is 1. The number of amides is 1. The number of carboxylic acids is 1. The van der Waals surface area contributed by atoms with Gasteiger partial charge in [-0.1, -0.05) is 13.8 Å². The lowest BCUT2D eigenvalue weighted by Crippen LogP contribution is -2.33. The van der Waals surface area contributed by atoms with Crippen LogP contribution in [0.5, 0.6) is 5.75 Å². The molecule has 0 heterocycles. The van der Waals surface area contributed by atoms with E-state index in [-0.39, 0.29) is 29.5 Å². The number of carbonyl (C=O) groups is 2. The third-order valence-electron chi connectivity index (χ3n) is 3.25. The first-order valence-electron chi connectivity index (χ1n) is 7.09. The first-order valence-corrected chi connectivity index (χ1v) is 7.09. The van der Waals surface area contributed by atoms with Gasteiger partial charge < -0.3 is 15.2 Å². The van der Waals surface area contributed by atoms with Crippen LogP contribution in [-0.4, -0.2) is 35.6 Å². The van der Waals surface area contributed by atoms with Gasteiger partial charge in [0, 0.05) is 18.2 Å². The van der Waals surface area contributed by atoms with Crippen LogP contribution in [0.2, 0.25) is 0 Å². The third kappa shape index (κ3) is 5.24. The van der Waals surface area contributed by atoms with Crippen molar-refractivity contribution in [2.75, 3.05) is 13.7 Å². The van der Waals surface area contributed by atoms with Crippen LogP contribution in [0.1, 0.15) is 30.6 Å². The largest absolute Gasteiger partial charge is 0.490 e. The van der Waals surface area contributed by atoms with Crippen molar-refractivity contribution in [3.8, 4) is 5.75 Å². The fourth-order valence-corrected chi connectivity index (χ4v) is 2.13. The number of carboxylic acid groups (broad SMARTS) is 1. The molecule has 1 aromatic carbocycles. The van der Waals surface area contributed by atoms with E-state index in [1.807, 2.05) is 13.8 Å². The predicted octanol–water partition coefficient (Wildman–Crippen LogP) is 2.08. The molecule has 8 heteroatoms. The summed E-state index contributed by atoms with van der Waals surface area (Å²) in [5.74, 6) is -2.03. The molecule has 0 radical (unpaired) electrons. The Labute approximate surface area is 133 Å². The van der Waals surface area contributed by atoms with E-state index >= 15 is 0 Å². The normalized spacial score (nSPS) is 11.8. The molecule has 0 saturated carbocycles. The van der Waals surface area contributed by atoms with Gasteiger partial charge in [-0.25, -0.2) is 0 Å². The van der Waals surface area contributed by atoms with Crippen molar-refractivity contribution in [1.82, 2.24) is 5.32 Å². The van der Waals surface area contributed by atoms with Crippen LogP contribution in [0.3, 0.4) is 0 Å². The second kappa shape index (κ2) is 8.11. The number of rotatable bonds is 8. The van der Waals surface area contributed by atoms with E-state index in [4.69, 9.17) is 9.84 Å². The van der Waals surface area contributed by atoms with Crippen molar-refractivity contribution in [2.24, 2.45) is 11.8 Å². The minimum atomic E-state index is -0.986. The van der Waals surface area contributed by atoms with Crippen molar-refractivity contribution in [3.63, 3.8) is 0 Å². The number of nitrogens with one attached hydrogen (secondary N) is 1. The Hall–Kier alpha value is -2.64. The number of aliphatic carboxylic acids is 1. The molecule has 126 valence electrons. The van der Waals surface area contributed by atoms with Gasteiger partial charge in [0.25, 0.3) is 5.91 Å². The van der Waals surface area contributed by atoms with Crippen LogP contribution >= 0.6 is 0 Å². The van der Waals surface area contributed by atoms with Gasteiger partial charge in [0.05, 0.1) is 18.0 Å². The second-order valence-corrected chi connectivity index (χ2v) is 5.52. The van der Waals surface area contributed by atoms with Crippen molar-refractivity contribution in [3.05, 3.63) is 33.9 Å². The first kappa shape index (κ1) is 18.4. The fourth-order valence-electron chi connectivity index (χ4n) is 2.13. The average Bonchev–Trinajstić information content (AvgIpc) is 2.49. The van der Waals surface area contributed by atoms with Crippen LogP contribution in [-0.2, 0) is 4.79 Å². The summed E-state index contributed by atoms with van der Waals surface area (Å²) < 4.78 is 4.86. The van der Waals surface area contributed by atoms with Gasteiger partial charge in [-0.15, -0.1) is 0 Å². The molecule has 0 bridgehead atoms. The topological polar surface area (TPSA) is 119 Å². The van der Waals surface area contributed by atoms with Gasteiger partial charge in [-0.2, -0.15) is 0 Å². The molecular weight excluding hydrogens is 304 g/mol. The molecule has 0 aliphatic carbocycles. The maximum atomic E-state index is 12.1. The molecule has 0 aromatic heterocycles. The maximum Gasteiger partial charge on any atom is 0.311 e. The quantitative estimate of drug-likeness (QED) is 0.558. The van der Waals surface area contributed by atoms with Crippen molar-refractivity contribution in [2.45, 2.75) is 20.3 Å². The number of carbonyl (C=O) groups excluding carboxylic acids is 1. The summed E-state index contributed by atoms with van der Waals surface area (Å²) in [5.41, 5.74) is -0.247. The standard InChI is InChI=1S/C15H20N2O6/c1-9(2)6-11(15(19)20)8-16-14(18)10-4-5-13(23-3)12(7-10)17(21)22/h4-5,7,9,11H,6,8H2,1-3H3,(H,16,18)(H,19,20). The minimum absolute atomic E-state index is 0.0355. The Balaban J connectivity index is 2.83. The van der Waals surface area contributed by atoms with Crippen molar-refractivity contribution < 1.29 is 24.4 Å². The summed E-state index contributed by atoms with van der Waals surface area (Å²) in [6, 6.07) is 3.82. The zero-order chi connectivity index (χ0) is 17.6. The molecule has 23 heavy (non-hydrogen) atoms. The molecule has 1 atom stereocenters. The maximum absolute atomic E-state index is 12.1. The molecule has 8 nitrogen and oxygen atoms in total. The van der Waals surface area contributed by atoms with Gasteiger partial charge in [-0.05, 0) is 24.5 Å². The Morgan fingerprint density at radius 1 is 1.39 bits per heavy atom. The summed E-state index contributed by atoms with van der Waals surface area (Å²) in [6.45, 7) is 3.75. The number of ether oxygens (including phenoxy) is 1. The van der Waals surface area contributed by atoms with Gasteiger partial charge >= 0.3 is 11.7 Å². The van der Waals surface area contributed by atoms with E-state index < -0.39 is 22.7 Å². The number of benzene rings is 1. The molecule has 1 amide bonds. The lowest BCUT2D eigenvalue weighted by atomic mass is 9.97. The van der Waals surface area contributed by atoms with Gasteiger partial charge in [0.15, 0.2) is 5.75 Å². The van der Waals surface area contributed by atoms with E-state index in [9.17, 15) is 19.7 Å². The Morgan fingerprint density at radius 3 is 2.52 bits per heavy atom. The van der Waals surface area contributed by atoms with Crippen molar-refractivity contribution in [1.29, 1.82) is 0 Å². The highest BCUT2D eigenvalue weighted by Gasteiger charge is 2.22. The Morgan fingerprint density at radius 2 is 2.04 bits per heavy atom. The summed E-state index contributed by atoms with van der Waals surface area (Å²) in [4.78, 5) is 33.5. The monoisotopic (exact) mass is 324 g/mol. The molecule has 0 aliphatic heterocycles. The number of hydrogen-bond acceptors (Lipinski definition) is 5. The average molecular weight is 324 g/mol. The van der Waals surface area contributed by atoms with E-state index in [0.717, 1.165) is 6.07 Å². The zero-order valence-corrected chi connectivity index (χ0v) is 13.2. The number of nitro benzene ring substituents is 1. The highest BCUT2D eigenvalue weighted by molar-refractivity contribution is 5.95. The zero-order valence-electron chi connectivity index (χ0n) is 13.2. The number of hydrogen-bond donors (Lipinski definition) is 2. The van der Waals surface area contributed by atoms with Gasteiger partial charge in [0.1, 0.15) is 0 Å². The first-order chi connectivity index (χ1) is 10.8. The van der Waals surface area contributed by atoms with Crippen LogP contribution in [0.25, 0.3) is 0 Å². The van der Waals surface area contributed by atoms with E-state index in [1.165, 1.54) is 19.2 Å². The number of nitrogens with zero attached hydrogens (tertiary/aromatic N) is 1. The third-order valence-corrected chi connectivity index (χ3v) is 3.25. The lowest BCUT2D eigenvalue weighted by Gasteiger charge is -2.15. The molecule has 0 aliphatic rings. The smallest absolute Gasteiger partial charge is 0.311 e. The van der Waals surface area contributed by atoms with E-state index in [0.29, 0.717) is 6.42 Å². The van der Waals surface area contributed by atoms with Gasteiger partial charge in [0.2, 0.25) is 0 Å². The van der Waals surface area contributed by atoms with E-state index in [2.05, 4.69) is 5.32 Å². The summed E-state index contributed by atoms with van der Waals surface area (Å²) in [5, 5.41) is 22.6. The highest BCUT2D eigenvalue weighted by atomic mass is 16.6. The van der Waals surface area contributed by atoms with Crippen LogP contribution in [0, 0.1) is 22.0 Å². The highest BCUT2D eigenvalue weighted by Crippen LogP contribution is 2.27. The molecule has 2 N–H and O–H groups in total. The molecule has 1 rings (SSSR count). The molecular formula is C15H20N2O6. The van der Waals surface area contributed by atoms with Crippen LogP contribution in [0.15, 0.2) is 18.2 Å². The SMILES string of the molecule is COc1ccc(C(=O)NCC(CC(C)C)C(=O)O)cc1[N+](=O)[O-]. The fraction of sp³-hybridized carbons (Fsp3) is 0.467. The second-order valence-electron chi connectivity index (χ2n) is 5.52. The van der Waals surface area contributed by atoms with Crippen LogP contribution < -0.4 is 10.1 Å². The summed E-state index contributed by atoms with van der Waals surface area (Å²) in [7, 11) is 1.30. The molecule has 0 saturated heterocycles. The minimum Gasteiger partial charge on any atom is -0.490 e. The molecule has 1 aromatic rings. The van der Waals surface area contributed by atoms with Gasteiger partial charge in [-0.3, -0.25) is 19.7 Å². The summed E-state index contributed by atoms with van der Waals surface area (Å²) >= 11 is 0. The predicted molar refractivity (Wildman–Crippen MR) is 82.6 cm³/mol. The Kier molecular flexibility index (Phi) is 6.49. The summed E-state index contributed by atoms with van der Waals surface area (Å²) in [6.07, 6.45) is 0.429. The Bertz CT molecular complexity index is 600. The number of methoxy groups -OCH3 is 1. The molecule has 0 fully saturated rings. The molecule has 1 unspecified atom stereocenters. The van der Waals surface area contributed by atoms with Crippen molar-refractivity contribution >= 4 is 17.6 Å². The van der Waals surface area contributed by atoms with E-state index in [1.54, 1.807) is 0 Å². The molecule has 0 spiro atoms.